The number of hydrogen-bond donors (Lipinski definition) is 0. The van der Waals surface area contributed by atoms with Crippen molar-refractivity contribution in [3.05, 3.63) is 34.9 Å². The lowest BCUT2D eigenvalue weighted by Crippen LogP contribution is -2.35. The highest BCUT2D eigenvalue weighted by Gasteiger charge is 2.49. The molecule has 1 saturated carbocycles. The van der Waals surface area contributed by atoms with Crippen molar-refractivity contribution >= 4 is 5.97 Å². The van der Waals surface area contributed by atoms with Crippen molar-refractivity contribution in [2.45, 2.75) is 150 Å². The molecule has 210 valence electrons. The van der Waals surface area contributed by atoms with E-state index in [0.717, 1.165) is 49.9 Å². The van der Waals surface area contributed by atoms with Crippen LogP contribution in [0.4, 0.5) is 0 Å². The molecule has 0 spiro atoms. The van der Waals surface area contributed by atoms with Gasteiger partial charge in [-0.15, -0.1) is 0 Å². The Labute approximate surface area is 229 Å². The van der Waals surface area contributed by atoms with Gasteiger partial charge in [-0.1, -0.05) is 103 Å². The van der Waals surface area contributed by atoms with Gasteiger partial charge in [0.25, 0.3) is 0 Å². The van der Waals surface area contributed by atoms with Gasteiger partial charge in [-0.2, -0.15) is 0 Å². The van der Waals surface area contributed by atoms with Gasteiger partial charge >= 0.3 is 5.97 Å². The van der Waals surface area contributed by atoms with E-state index in [4.69, 9.17) is 4.74 Å². The monoisotopic (exact) mass is 510 g/mol. The van der Waals surface area contributed by atoms with Crippen LogP contribution < -0.4 is 0 Å². The maximum Gasteiger partial charge on any atom is 0.306 e. The molecule has 0 unspecified atom stereocenters. The molecule has 0 heterocycles. The van der Waals surface area contributed by atoms with E-state index in [1.54, 1.807) is 5.57 Å². The summed E-state index contributed by atoms with van der Waals surface area (Å²) in [5.41, 5.74) is 4.91. The largest absolute Gasteiger partial charge is 0.462 e. The molecule has 0 aromatic rings. The fourth-order valence-corrected chi connectivity index (χ4v) is 7.72. The molecule has 0 bridgehead atoms. The molecule has 3 aliphatic carbocycles. The first-order valence-electron chi connectivity index (χ1n) is 16.0. The van der Waals surface area contributed by atoms with Crippen LogP contribution in [0.1, 0.15) is 144 Å². The highest BCUT2D eigenvalue weighted by atomic mass is 16.5. The average Bonchev–Trinajstić information content (AvgIpc) is 3.21. The molecule has 5 atom stereocenters. The summed E-state index contributed by atoms with van der Waals surface area (Å²) < 4.78 is 5.92. The SMILES string of the molecule is CCCCCCCC(=O)O[C@H]1CCC(C)=C(/C=C\C2=CCC[C@]3(C)[C@@H]([C@H](C)CCCC(C)C)CC[C@@H]23)C1. The molecule has 0 N–H and O–H groups in total. The molecular formula is C35H58O2. The summed E-state index contributed by atoms with van der Waals surface area (Å²) in [5.74, 6) is 3.24. The Morgan fingerprint density at radius 2 is 1.84 bits per heavy atom. The van der Waals surface area contributed by atoms with Gasteiger partial charge in [0, 0.05) is 12.8 Å². The number of unbranched alkanes of at least 4 members (excludes halogenated alkanes) is 4. The lowest BCUT2D eigenvalue weighted by molar-refractivity contribution is -0.149. The Balaban J connectivity index is 1.54. The van der Waals surface area contributed by atoms with Crippen LogP contribution in [0.2, 0.25) is 0 Å². The van der Waals surface area contributed by atoms with Gasteiger partial charge in [-0.3, -0.25) is 4.79 Å². The summed E-state index contributed by atoms with van der Waals surface area (Å²) in [5, 5.41) is 0. The molecular weight excluding hydrogens is 452 g/mol. The third-order valence-electron chi connectivity index (χ3n) is 10.1. The van der Waals surface area contributed by atoms with Crippen LogP contribution in [0.15, 0.2) is 34.9 Å². The molecule has 0 radical (unpaired) electrons. The maximum absolute atomic E-state index is 12.4. The Morgan fingerprint density at radius 1 is 1.05 bits per heavy atom. The van der Waals surface area contributed by atoms with Crippen molar-refractivity contribution < 1.29 is 9.53 Å². The van der Waals surface area contributed by atoms with Gasteiger partial charge in [-0.25, -0.2) is 0 Å². The summed E-state index contributed by atoms with van der Waals surface area (Å²) in [6.45, 7) is 14.4. The van der Waals surface area contributed by atoms with Crippen molar-refractivity contribution in [2.75, 3.05) is 0 Å². The summed E-state index contributed by atoms with van der Waals surface area (Å²) in [6, 6.07) is 0. The number of allylic oxidation sites excluding steroid dienone is 5. The van der Waals surface area contributed by atoms with Crippen LogP contribution >= 0.6 is 0 Å². The van der Waals surface area contributed by atoms with Gasteiger partial charge in [0.1, 0.15) is 6.10 Å². The number of hydrogen-bond acceptors (Lipinski definition) is 2. The normalized spacial score (nSPS) is 29.1. The molecule has 1 fully saturated rings. The predicted molar refractivity (Wildman–Crippen MR) is 158 cm³/mol. The third kappa shape index (κ3) is 8.59. The van der Waals surface area contributed by atoms with Crippen LogP contribution in [0.25, 0.3) is 0 Å². The second kappa shape index (κ2) is 14.7. The Morgan fingerprint density at radius 3 is 2.59 bits per heavy atom. The quantitative estimate of drug-likeness (QED) is 0.171. The average molecular weight is 511 g/mol. The number of carbonyl (C=O) groups excluding carboxylic acids is 1. The molecule has 2 nitrogen and oxygen atoms in total. The van der Waals surface area contributed by atoms with E-state index in [1.807, 2.05) is 0 Å². The number of esters is 1. The smallest absolute Gasteiger partial charge is 0.306 e. The van der Waals surface area contributed by atoms with Gasteiger partial charge < -0.3 is 4.74 Å². The summed E-state index contributed by atoms with van der Waals surface area (Å²) >= 11 is 0. The zero-order valence-electron chi connectivity index (χ0n) is 25.2. The zero-order valence-corrected chi connectivity index (χ0v) is 25.2. The van der Waals surface area contributed by atoms with Gasteiger partial charge in [-0.05, 0) is 92.1 Å². The van der Waals surface area contributed by atoms with E-state index in [1.165, 1.54) is 75.4 Å². The molecule has 0 amide bonds. The van der Waals surface area contributed by atoms with Crippen molar-refractivity contribution in [1.29, 1.82) is 0 Å². The fraction of sp³-hybridized carbons (Fsp3) is 0.800. The standard InChI is InChI=1S/C35H58O2/c1-7-8-9-10-11-17-34(36)37-31-21-18-27(4)30(25-31)20-19-29-16-13-24-35(6)32(22-23-33(29)35)28(5)15-12-14-26(2)3/h16,19-20,26,28,31-33H,7-15,17-18,21-25H2,1-6H3/b20-19-/t28-,31+,32-,33+,35-/m1/s1. The minimum Gasteiger partial charge on any atom is -0.462 e. The Hall–Kier alpha value is -1.31. The minimum absolute atomic E-state index is 0.00893. The van der Waals surface area contributed by atoms with Gasteiger partial charge in [0.2, 0.25) is 0 Å². The van der Waals surface area contributed by atoms with Crippen LogP contribution in [-0.4, -0.2) is 12.1 Å². The van der Waals surface area contributed by atoms with Crippen molar-refractivity contribution in [3.8, 4) is 0 Å². The fourth-order valence-electron chi connectivity index (χ4n) is 7.72. The predicted octanol–water partition coefficient (Wildman–Crippen LogP) is 10.5. The third-order valence-corrected chi connectivity index (χ3v) is 10.1. The number of ether oxygens (including phenoxy) is 1. The van der Waals surface area contributed by atoms with Crippen LogP contribution in [-0.2, 0) is 9.53 Å². The van der Waals surface area contributed by atoms with Crippen LogP contribution in [0.3, 0.4) is 0 Å². The minimum atomic E-state index is 0.00893. The highest BCUT2D eigenvalue weighted by Crippen LogP contribution is 2.58. The van der Waals surface area contributed by atoms with E-state index >= 15 is 0 Å². The van der Waals surface area contributed by atoms with Gasteiger partial charge in [0.05, 0.1) is 0 Å². The number of fused-ring (bicyclic) bond motifs is 1. The van der Waals surface area contributed by atoms with E-state index < -0.39 is 0 Å². The highest BCUT2D eigenvalue weighted by molar-refractivity contribution is 5.69. The van der Waals surface area contributed by atoms with Crippen LogP contribution in [0, 0.1) is 29.1 Å². The first kappa shape index (κ1) is 30.2. The van der Waals surface area contributed by atoms with Crippen molar-refractivity contribution in [3.63, 3.8) is 0 Å². The Kier molecular flexibility index (Phi) is 12.0. The molecule has 0 aliphatic heterocycles. The number of carbonyl (C=O) groups is 1. The molecule has 3 rings (SSSR count). The first-order chi connectivity index (χ1) is 17.7. The molecule has 0 saturated heterocycles. The zero-order chi connectivity index (χ0) is 26.8. The molecule has 37 heavy (non-hydrogen) atoms. The van der Waals surface area contributed by atoms with E-state index in [2.05, 4.69) is 59.8 Å². The van der Waals surface area contributed by atoms with E-state index in [-0.39, 0.29) is 12.1 Å². The van der Waals surface area contributed by atoms with Crippen LogP contribution in [0.5, 0.6) is 0 Å². The van der Waals surface area contributed by atoms with Crippen molar-refractivity contribution in [2.24, 2.45) is 29.1 Å². The lowest BCUT2D eigenvalue weighted by Gasteiger charge is -2.43. The second-order valence-corrected chi connectivity index (χ2v) is 13.4. The van der Waals surface area contributed by atoms with Gasteiger partial charge in [0.15, 0.2) is 0 Å². The lowest BCUT2D eigenvalue weighted by atomic mass is 9.62. The van der Waals surface area contributed by atoms with Crippen molar-refractivity contribution in [1.82, 2.24) is 0 Å². The summed E-state index contributed by atoms with van der Waals surface area (Å²) in [6.07, 6.45) is 26.2. The molecule has 2 heteroatoms. The van der Waals surface area contributed by atoms with E-state index in [9.17, 15) is 4.79 Å². The maximum atomic E-state index is 12.4. The summed E-state index contributed by atoms with van der Waals surface area (Å²) in [4.78, 5) is 12.4. The first-order valence-corrected chi connectivity index (χ1v) is 16.0. The summed E-state index contributed by atoms with van der Waals surface area (Å²) in [7, 11) is 0. The molecule has 3 aliphatic rings. The number of rotatable bonds is 14. The molecule has 0 aromatic carbocycles. The van der Waals surface area contributed by atoms with E-state index in [0.29, 0.717) is 17.8 Å². The topological polar surface area (TPSA) is 26.3 Å². The second-order valence-electron chi connectivity index (χ2n) is 13.4. The Bertz CT molecular complexity index is 815. The molecule has 0 aromatic heterocycles.